The summed E-state index contributed by atoms with van der Waals surface area (Å²) in [6.45, 7) is 6.64. The van der Waals surface area contributed by atoms with E-state index in [1.165, 1.54) is 0 Å². The zero-order chi connectivity index (χ0) is 15.4. The highest BCUT2D eigenvalue weighted by molar-refractivity contribution is 5.70. The molecule has 2 aliphatic heterocycles. The average Bonchev–Trinajstić information content (AvgIpc) is 2.70. The molecule has 3 heterocycles. The van der Waals surface area contributed by atoms with Crippen LogP contribution in [0, 0.1) is 0 Å². The van der Waals surface area contributed by atoms with Gasteiger partial charge in [0.2, 0.25) is 0 Å². The van der Waals surface area contributed by atoms with Gasteiger partial charge in [0.15, 0.2) is 17.3 Å². The summed E-state index contributed by atoms with van der Waals surface area (Å²) in [6, 6.07) is 0.413. The number of rotatable bonds is 1. The lowest BCUT2D eigenvalue weighted by Crippen LogP contribution is -2.58. The van der Waals surface area contributed by atoms with E-state index in [2.05, 4.69) is 28.7 Å². The third kappa shape index (κ3) is 2.31. The first-order valence-corrected chi connectivity index (χ1v) is 6.97. The monoisotopic (exact) mass is 301 g/mol. The first-order valence-electron chi connectivity index (χ1n) is 6.97. The largest absolute Gasteiger partial charge is 0.434 e. The van der Waals surface area contributed by atoms with Crippen molar-refractivity contribution < 1.29 is 13.2 Å². The van der Waals surface area contributed by atoms with E-state index < -0.39 is 11.9 Å². The fourth-order valence-corrected chi connectivity index (χ4v) is 2.92. The maximum atomic E-state index is 12.8. The van der Waals surface area contributed by atoms with Crippen molar-refractivity contribution in [3.8, 4) is 0 Å². The maximum absolute atomic E-state index is 12.8. The fourth-order valence-electron chi connectivity index (χ4n) is 2.92. The second kappa shape index (κ2) is 4.72. The maximum Gasteiger partial charge on any atom is 0.434 e. The molecule has 0 radical (unpaired) electrons. The first-order chi connectivity index (χ1) is 9.79. The van der Waals surface area contributed by atoms with Crippen LogP contribution < -0.4 is 9.80 Å². The van der Waals surface area contributed by atoms with Gasteiger partial charge in [-0.25, -0.2) is 9.97 Å². The molecular formula is C13H18F3N5. The first kappa shape index (κ1) is 14.4. The third-order valence-electron chi connectivity index (χ3n) is 4.20. The molecule has 8 heteroatoms. The molecule has 1 atom stereocenters. The standard InChI is InChI=1S/C13H18F3N5/c1-8(2)20-4-5-21-10(7-20)19(3)12-11(21)17-6-9(18-12)13(14,15)16/h6,8,10H,4-5,7H2,1-3H3. The lowest BCUT2D eigenvalue weighted by atomic mass is 10.2. The fraction of sp³-hybridized carbons (Fsp3) is 0.692. The Bertz CT molecular complexity index is 545. The minimum atomic E-state index is -4.46. The Morgan fingerprint density at radius 1 is 1.24 bits per heavy atom. The number of alkyl halides is 3. The highest BCUT2D eigenvalue weighted by Gasteiger charge is 2.42. The summed E-state index contributed by atoms with van der Waals surface area (Å²) in [6.07, 6.45) is -3.64. The van der Waals surface area contributed by atoms with Gasteiger partial charge in [0.05, 0.1) is 6.20 Å². The number of likely N-dealkylation sites (N-methyl/N-ethyl adjacent to an activating group) is 1. The molecule has 1 saturated heterocycles. The molecule has 2 aliphatic rings. The van der Waals surface area contributed by atoms with Crippen LogP contribution in [-0.2, 0) is 6.18 Å². The molecule has 0 aliphatic carbocycles. The average molecular weight is 301 g/mol. The molecule has 1 unspecified atom stereocenters. The predicted molar refractivity (Wildman–Crippen MR) is 73.3 cm³/mol. The van der Waals surface area contributed by atoms with Crippen molar-refractivity contribution >= 4 is 11.6 Å². The number of hydrogen-bond acceptors (Lipinski definition) is 5. The van der Waals surface area contributed by atoms with Gasteiger partial charge in [0.1, 0.15) is 6.17 Å². The highest BCUT2D eigenvalue weighted by atomic mass is 19.4. The number of piperazine rings is 1. The Labute approximate surface area is 121 Å². The van der Waals surface area contributed by atoms with E-state index in [1.807, 2.05) is 4.90 Å². The van der Waals surface area contributed by atoms with Crippen LogP contribution in [0.3, 0.4) is 0 Å². The highest BCUT2D eigenvalue weighted by Crippen LogP contribution is 2.39. The van der Waals surface area contributed by atoms with Gasteiger partial charge >= 0.3 is 6.18 Å². The molecule has 1 aromatic rings. The van der Waals surface area contributed by atoms with Gasteiger partial charge in [-0.2, -0.15) is 13.2 Å². The van der Waals surface area contributed by atoms with Crippen molar-refractivity contribution in [3.05, 3.63) is 11.9 Å². The molecule has 0 bridgehead atoms. The van der Waals surface area contributed by atoms with Crippen LogP contribution in [0.2, 0.25) is 0 Å². The van der Waals surface area contributed by atoms with Gasteiger partial charge in [-0.3, -0.25) is 4.90 Å². The van der Waals surface area contributed by atoms with Crippen LogP contribution in [0.1, 0.15) is 19.5 Å². The molecule has 0 saturated carbocycles. The normalized spacial score (nSPS) is 22.7. The summed E-state index contributed by atoms with van der Waals surface area (Å²) < 4.78 is 38.3. The second-order valence-electron chi connectivity index (χ2n) is 5.77. The minimum Gasteiger partial charge on any atom is -0.335 e. The van der Waals surface area contributed by atoms with E-state index in [9.17, 15) is 13.2 Å². The van der Waals surface area contributed by atoms with E-state index in [0.29, 0.717) is 17.7 Å². The van der Waals surface area contributed by atoms with Gasteiger partial charge in [-0.1, -0.05) is 0 Å². The van der Waals surface area contributed by atoms with Crippen molar-refractivity contribution in [2.24, 2.45) is 0 Å². The number of anilines is 2. The molecular weight excluding hydrogens is 283 g/mol. The zero-order valence-electron chi connectivity index (χ0n) is 12.2. The van der Waals surface area contributed by atoms with Gasteiger partial charge in [-0.15, -0.1) is 0 Å². The number of aromatic nitrogens is 2. The van der Waals surface area contributed by atoms with Crippen LogP contribution in [0.15, 0.2) is 6.20 Å². The van der Waals surface area contributed by atoms with Crippen LogP contribution in [0.4, 0.5) is 24.8 Å². The molecule has 1 aromatic heterocycles. The summed E-state index contributed by atoms with van der Waals surface area (Å²) >= 11 is 0. The summed E-state index contributed by atoms with van der Waals surface area (Å²) in [5, 5.41) is 0. The Morgan fingerprint density at radius 2 is 1.95 bits per heavy atom. The number of hydrogen-bond donors (Lipinski definition) is 0. The molecule has 0 aromatic carbocycles. The van der Waals surface area contributed by atoms with Crippen LogP contribution >= 0.6 is 0 Å². The van der Waals surface area contributed by atoms with E-state index in [0.717, 1.165) is 25.8 Å². The smallest absolute Gasteiger partial charge is 0.335 e. The van der Waals surface area contributed by atoms with Crippen molar-refractivity contribution in [1.29, 1.82) is 0 Å². The van der Waals surface area contributed by atoms with E-state index >= 15 is 0 Å². The predicted octanol–water partition coefficient (Wildman–Crippen LogP) is 1.80. The van der Waals surface area contributed by atoms with Gasteiger partial charge in [0.25, 0.3) is 0 Å². The van der Waals surface area contributed by atoms with Crippen molar-refractivity contribution in [1.82, 2.24) is 14.9 Å². The van der Waals surface area contributed by atoms with E-state index in [-0.39, 0.29) is 6.17 Å². The lowest BCUT2D eigenvalue weighted by Gasteiger charge is -2.41. The lowest BCUT2D eigenvalue weighted by molar-refractivity contribution is -0.141. The Kier molecular flexibility index (Phi) is 3.23. The number of halogens is 3. The molecule has 3 rings (SSSR count). The van der Waals surface area contributed by atoms with Crippen molar-refractivity contribution in [2.45, 2.75) is 32.2 Å². The van der Waals surface area contributed by atoms with E-state index in [4.69, 9.17) is 0 Å². The molecule has 21 heavy (non-hydrogen) atoms. The number of fused-ring (bicyclic) bond motifs is 3. The third-order valence-corrected chi connectivity index (χ3v) is 4.20. The summed E-state index contributed by atoms with van der Waals surface area (Å²) in [4.78, 5) is 13.9. The Balaban J connectivity index is 1.92. The number of nitrogens with zero attached hydrogens (tertiary/aromatic N) is 5. The van der Waals surface area contributed by atoms with Crippen LogP contribution in [0.5, 0.6) is 0 Å². The molecule has 116 valence electrons. The molecule has 0 amide bonds. The van der Waals surface area contributed by atoms with Gasteiger partial charge in [-0.05, 0) is 13.8 Å². The quantitative estimate of drug-likeness (QED) is 0.790. The molecule has 1 fully saturated rings. The van der Waals surface area contributed by atoms with Crippen molar-refractivity contribution in [2.75, 3.05) is 36.5 Å². The second-order valence-corrected chi connectivity index (χ2v) is 5.77. The van der Waals surface area contributed by atoms with Crippen molar-refractivity contribution in [3.63, 3.8) is 0 Å². The summed E-state index contributed by atoms with van der Waals surface area (Å²) in [5.74, 6) is 0.874. The Morgan fingerprint density at radius 3 is 2.57 bits per heavy atom. The van der Waals surface area contributed by atoms with Gasteiger partial charge < -0.3 is 9.80 Å². The van der Waals surface area contributed by atoms with E-state index in [1.54, 1.807) is 11.9 Å². The minimum absolute atomic E-state index is 0.000339. The Hall–Kier alpha value is -1.57. The molecule has 0 spiro atoms. The van der Waals surface area contributed by atoms with Crippen LogP contribution in [-0.4, -0.2) is 53.8 Å². The topological polar surface area (TPSA) is 35.5 Å². The SMILES string of the molecule is CC(C)N1CCN2c3ncc(C(F)(F)F)nc3N(C)C2C1. The zero-order valence-corrected chi connectivity index (χ0v) is 12.2. The summed E-state index contributed by atoms with van der Waals surface area (Å²) in [7, 11) is 1.78. The molecule has 5 nitrogen and oxygen atoms in total. The summed E-state index contributed by atoms with van der Waals surface area (Å²) in [5.41, 5.74) is -0.936. The van der Waals surface area contributed by atoms with Gasteiger partial charge in [0, 0.05) is 32.7 Å². The molecule has 0 N–H and O–H groups in total. The van der Waals surface area contributed by atoms with Crippen LogP contribution in [0.25, 0.3) is 0 Å².